The van der Waals surface area contributed by atoms with E-state index >= 15 is 0 Å². The van der Waals surface area contributed by atoms with Crippen molar-refractivity contribution in [3.8, 4) is 0 Å². The van der Waals surface area contributed by atoms with Crippen molar-refractivity contribution in [3.05, 3.63) is 72.3 Å². The molecule has 0 aliphatic rings. The molecule has 5 rings (SSSR count). The molecule has 3 aromatic heterocycles. The molecule has 0 atom stereocenters. The first-order valence-corrected chi connectivity index (χ1v) is 12.1. The van der Waals surface area contributed by atoms with Gasteiger partial charge in [0.2, 0.25) is 0 Å². The monoisotopic (exact) mass is 476 g/mol. The summed E-state index contributed by atoms with van der Waals surface area (Å²) in [5.41, 5.74) is 9.75. The van der Waals surface area contributed by atoms with Crippen LogP contribution in [0.25, 0.3) is 21.4 Å². The molecule has 3 heterocycles. The molecule has 0 radical (unpaired) electrons. The highest BCUT2D eigenvalue weighted by Crippen LogP contribution is 2.31. The minimum absolute atomic E-state index is 0.300. The van der Waals surface area contributed by atoms with Gasteiger partial charge in [-0.2, -0.15) is 0 Å². The highest BCUT2D eigenvalue weighted by atomic mass is 32.2. The lowest BCUT2D eigenvalue weighted by atomic mass is 10.1. The zero-order valence-corrected chi connectivity index (χ0v) is 19.2. The van der Waals surface area contributed by atoms with E-state index in [1.807, 2.05) is 34.9 Å². The van der Waals surface area contributed by atoms with E-state index in [0.29, 0.717) is 42.1 Å². The summed E-state index contributed by atoms with van der Waals surface area (Å²) in [6.07, 6.45) is 3.72. The lowest BCUT2D eigenvalue weighted by Gasteiger charge is -2.07. The van der Waals surface area contributed by atoms with Crippen LogP contribution >= 0.6 is 23.1 Å². The van der Waals surface area contributed by atoms with Crippen LogP contribution in [0.4, 0.5) is 5.82 Å². The molecule has 0 bridgehead atoms. The number of aromatic nitrogens is 5. The number of fused-ring (bicyclic) bond motifs is 2. The second kappa shape index (κ2) is 9.55. The second-order valence-corrected chi connectivity index (χ2v) is 9.54. The topological polar surface area (TPSA) is 109 Å². The number of thioether (sulfide) groups is 1. The van der Waals surface area contributed by atoms with Crippen molar-refractivity contribution < 1.29 is 9.53 Å². The van der Waals surface area contributed by atoms with Crippen LogP contribution in [0, 0.1) is 0 Å². The van der Waals surface area contributed by atoms with E-state index < -0.39 is 0 Å². The molecule has 0 amide bonds. The minimum atomic E-state index is -0.331. The first-order chi connectivity index (χ1) is 16.2. The Morgan fingerprint density at radius 3 is 2.79 bits per heavy atom. The van der Waals surface area contributed by atoms with Crippen LogP contribution in [-0.4, -0.2) is 37.1 Å². The van der Waals surface area contributed by atoms with Gasteiger partial charge in [0.25, 0.3) is 0 Å². The number of nitrogens with zero attached hydrogens (tertiary/aromatic N) is 5. The van der Waals surface area contributed by atoms with Gasteiger partial charge in [-0.05, 0) is 36.2 Å². The van der Waals surface area contributed by atoms with Crippen LogP contribution in [0.2, 0.25) is 0 Å². The third kappa shape index (κ3) is 4.81. The van der Waals surface area contributed by atoms with Crippen LogP contribution in [-0.2, 0) is 17.0 Å². The van der Waals surface area contributed by atoms with Crippen molar-refractivity contribution in [1.29, 1.82) is 0 Å². The van der Waals surface area contributed by atoms with Gasteiger partial charge in [0.15, 0.2) is 15.8 Å². The van der Waals surface area contributed by atoms with Gasteiger partial charge in [0.1, 0.15) is 11.8 Å². The average Bonchev–Trinajstić information content (AvgIpc) is 3.45. The molecule has 0 saturated heterocycles. The number of nitrogens with two attached hydrogens (primary N) is 1. The summed E-state index contributed by atoms with van der Waals surface area (Å²) in [6.45, 7) is 0.913. The number of hydrogen-bond donors (Lipinski definition) is 1. The third-order valence-electron chi connectivity index (χ3n) is 5.03. The predicted molar refractivity (Wildman–Crippen MR) is 130 cm³/mol. The number of thiazole rings is 1. The highest BCUT2D eigenvalue weighted by molar-refractivity contribution is 8.00. The predicted octanol–water partition coefficient (Wildman–Crippen LogP) is 4.56. The van der Waals surface area contributed by atoms with Crippen LogP contribution in [0.5, 0.6) is 0 Å². The quantitative estimate of drug-likeness (QED) is 0.197. The number of imidazole rings is 1. The maximum Gasteiger partial charge on any atom is 0.338 e. The number of hydrogen-bond acceptors (Lipinski definition) is 9. The van der Waals surface area contributed by atoms with Crippen LogP contribution < -0.4 is 5.73 Å². The van der Waals surface area contributed by atoms with E-state index in [1.54, 1.807) is 41.6 Å². The van der Waals surface area contributed by atoms with E-state index in [9.17, 15) is 4.79 Å². The Bertz CT molecular complexity index is 1380. The number of ether oxygens (including phenoxy) is 1. The van der Waals surface area contributed by atoms with Crippen molar-refractivity contribution in [2.24, 2.45) is 0 Å². The fourth-order valence-electron chi connectivity index (χ4n) is 3.34. The number of esters is 1. The molecular weight excluding hydrogens is 456 g/mol. The molecule has 10 heteroatoms. The first-order valence-electron chi connectivity index (χ1n) is 10.3. The van der Waals surface area contributed by atoms with E-state index in [2.05, 4.69) is 26.0 Å². The Balaban J connectivity index is 1.10. The summed E-state index contributed by atoms with van der Waals surface area (Å²) < 4.78 is 9.53. The maximum atomic E-state index is 12.4. The van der Waals surface area contributed by atoms with Gasteiger partial charge < -0.3 is 15.0 Å². The summed E-state index contributed by atoms with van der Waals surface area (Å²) >= 11 is 3.39. The fraction of sp³-hybridized carbons (Fsp3) is 0.174. The maximum absolute atomic E-state index is 12.4. The average molecular weight is 477 g/mol. The number of carbonyl (C=O) groups is 1. The smallest absolute Gasteiger partial charge is 0.338 e. The summed E-state index contributed by atoms with van der Waals surface area (Å²) in [4.78, 5) is 29.4. The molecule has 0 spiro atoms. The largest absolute Gasteiger partial charge is 0.462 e. The van der Waals surface area contributed by atoms with Crippen molar-refractivity contribution in [2.45, 2.75) is 23.1 Å². The zero-order valence-electron chi connectivity index (χ0n) is 17.5. The SMILES string of the molecule is Nc1ncnc2c1ncn2CCCOC(=O)c1ccc(CSc2nc3ccccc3s2)cc1. The molecule has 5 aromatic rings. The molecule has 0 fully saturated rings. The van der Waals surface area contributed by atoms with E-state index in [0.717, 1.165) is 21.2 Å². The molecule has 33 heavy (non-hydrogen) atoms. The van der Waals surface area contributed by atoms with Crippen molar-refractivity contribution >= 4 is 56.3 Å². The highest BCUT2D eigenvalue weighted by Gasteiger charge is 2.10. The Morgan fingerprint density at radius 2 is 1.94 bits per heavy atom. The van der Waals surface area contributed by atoms with Crippen LogP contribution in [0.3, 0.4) is 0 Å². The summed E-state index contributed by atoms with van der Waals surface area (Å²) in [5.74, 6) is 0.816. The van der Waals surface area contributed by atoms with E-state index in [4.69, 9.17) is 10.5 Å². The molecule has 166 valence electrons. The van der Waals surface area contributed by atoms with Gasteiger partial charge in [-0.15, -0.1) is 11.3 Å². The van der Waals surface area contributed by atoms with Crippen molar-refractivity contribution in [3.63, 3.8) is 0 Å². The number of benzene rings is 2. The van der Waals surface area contributed by atoms with Gasteiger partial charge in [0.05, 0.1) is 28.7 Å². The van der Waals surface area contributed by atoms with Gasteiger partial charge in [-0.1, -0.05) is 36.0 Å². The Kier molecular flexibility index (Phi) is 6.18. The zero-order chi connectivity index (χ0) is 22.6. The van der Waals surface area contributed by atoms with Gasteiger partial charge in [0, 0.05) is 12.3 Å². The molecule has 8 nitrogen and oxygen atoms in total. The summed E-state index contributed by atoms with van der Waals surface area (Å²) in [5, 5.41) is 0. The van der Waals surface area contributed by atoms with Crippen molar-refractivity contribution in [1.82, 2.24) is 24.5 Å². The lowest BCUT2D eigenvalue weighted by molar-refractivity contribution is 0.0496. The third-order valence-corrected chi connectivity index (χ3v) is 7.28. The molecule has 2 aromatic carbocycles. The number of rotatable bonds is 8. The number of aryl methyl sites for hydroxylation is 1. The van der Waals surface area contributed by atoms with E-state index in [1.165, 1.54) is 11.0 Å². The molecular formula is C23H20N6O2S2. The number of nitrogen functional groups attached to an aromatic ring is 1. The molecule has 0 unspecified atom stereocenters. The van der Waals surface area contributed by atoms with Crippen molar-refractivity contribution in [2.75, 3.05) is 12.3 Å². The summed E-state index contributed by atoms with van der Waals surface area (Å²) in [7, 11) is 0. The molecule has 0 aliphatic carbocycles. The lowest BCUT2D eigenvalue weighted by Crippen LogP contribution is -2.09. The number of para-hydroxylation sites is 1. The molecule has 0 saturated carbocycles. The van der Waals surface area contributed by atoms with Crippen LogP contribution in [0.1, 0.15) is 22.3 Å². The Hall–Kier alpha value is -3.50. The molecule has 2 N–H and O–H groups in total. The number of anilines is 1. The van der Waals surface area contributed by atoms with Gasteiger partial charge >= 0.3 is 5.97 Å². The summed E-state index contributed by atoms with van der Waals surface area (Å²) in [6, 6.07) is 15.7. The van der Waals surface area contributed by atoms with Gasteiger partial charge in [-0.3, -0.25) is 0 Å². The Morgan fingerprint density at radius 1 is 1.09 bits per heavy atom. The minimum Gasteiger partial charge on any atom is -0.462 e. The van der Waals surface area contributed by atoms with E-state index in [-0.39, 0.29) is 5.97 Å². The standard InChI is InChI=1S/C23H20N6O2S2/c24-20-19-21(26-13-25-20)29(14-27-19)10-3-11-31-22(30)16-8-6-15(7-9-16)12-32-23-28-17-4-1-2-5-18(17)33-23/h1-2,4-9,13-14H,3,10-12H2,(H2,24,25,26). The Labute approximate surface area is 197 Å². The second-order valence-electron chi connectivity index (χ2n) is 7.29. The molecule has 0 aliphatic heterocycles. The normalized spacial score (nSPS) is 11.3. The van der Waals surface area contributed by atoms with Gasteiger partial charge in [-0.25, -0.2) is 24.7 Å². The number of carbonyl (C=O) groups excluding carboxylic acids is 1. The fourth-order valence-corrected chi connectivity index (χ4v) is 5.36. The first kappa shape index (κ1) is 21.4. The van der Waals surface area contributed by atoms with Crippen LogP contribution in [0.15, 0.2) is 65.5 Å².